The van der Waals surface area contributed by atoms with Crippen molar-refractivity contribution in [1.82, 2.24) is 4.90 Å². The van der Waals surface area contributed by atoms with Gasteiger partial charge in [0.15, 0.2) is 11.5 Å². The Kier molecular flexibility index (Phi) is 6.57. The fourth-order valence-corrected chi connectivity index (χ4v) is 3.46. The van der Waals surface area contributed by atoms with Gasteiger partial charge in [-0.25, -0.2) is 4.39 Å². The van der Waals surface area contributed by atoms with Crippen LogP contribution in [0.4, 0.5) is 9.18 Å². The summed E-state index contributed by atoms with van der Waals surface area (Å²) in [4.78, 5) is 25.5. The number of carbonyl (C=O) groups excluding carboxylic acids is 2. The first-order valence-corrected chi connectivity index (χ1v) is 9.66. The quantitative estimate of drug-likeness (QED) is 0.497. The third-order valence-electron chi connectivity index (χ3n) is 4.00. The van der Waals surface area contributed by atoms with Crippen molar-refractivity contribution in [3.63, 3.8) is 0 Å². The van der Waals surface area contributed by atoms with Crippen molar-refractivity contribution in [2.75, 3.05) is 13.2 Å². The summed E-state index contributed by atoms with van der Waals surface area (Å²) in [6.45, 7) is 2.48. The molecule has 0 spiro atoms. The molecule has 3 rings (SSSR count). The molecule has 0 atom stereocenters. The SMILES string of the molecule is C#CCN1C(=O)SC(=Cc2ccc(OCc3ccc(F)cc3)c(OCC)c2)C1=O. The number of thioether (sulfide) groups is 1. The van der Waals surface area contributed by atoms with Crippen molar-refractivity contribution in [1.29, 1.82) is 0 Å². The smallest absolute Gasteiger partial charge is 0.294 e. The second kappa shape index (κ2) is 9.30. The summed E-state index contributed by atoms with van der Waals surface area (Å²) in [5.41, 5.74) is 1.51. The summed E-state index contributed by atoms with van der Waals surface area (Å²) in [6, 6.07) is 11.3. The van der Waals surface area contributed by atoms with Crippen molar-refractivity contribution >= 4 is 29.0 Å². The van der Waals surface area contributed by atoms with Gasteiger partial charge in [0.2, 0.25) is 0 Å². The third-order valence-corrected chi connectivity index (χ3v) is 4.90. The van der Waals surface area contributed by atoms with Crippen LogP contribution in [0.2, 0.25) is 0 Å². The zero-order valence-corrected chi connectivity index (χ0v) is 16.5. The molecule has 2 aromatic carbocycles. The van der Waals surface area contributed by atoms with Gasteiger partial charge in [0.25, 0.3) is 11.1 Å². The predicted octanol–water partition coefficient (Wildman–Crippen LogP) is 4.47. The Hall–Kier alpha value is -3.24. The van der Waals surface area contributed by atoms with Crippen LogP contribution in [-0.4, -0.2) is 29.2 Å². The first-order chi connectivity index (χ1) is 14.0. The number of terminal acetylenes is 1. The highest BCUT2D eigenvalue weighted by Crippen LogP contribution is 2.34. The topological polar surface area (TPSA) is 55.8 Å². The van der Waals surface area contributed by atoms with Gasteiger partial charge in [0.1, 0.15) is 12.4 Å². The van der Waals surface area contributed by atoms with E-state index in [0.29, 0.717) is 28.6 Å². The number of hydrogen-bond acceptors (Lipinski definition) is 5. The van der Waals surface area contributed by atoms with E-state index in [9.17, 15) is 14.0 Å². The Labute approximate surface area is 172 Å². The number of imide groups is 1. The van der Waals surface area contributed by atoms with Crippen molar-refractivity contribution in [3.05, 3.63) is 64.3 Å². The van der Waals surface area contributed by atoms with Crippen molar-refractivity contribution in [2.24, 2.45) is 0 Å². The molecule has 2 amide bonds. The fraction of sp³-hybridized carbons (Fsp3) is 0.182. The molecular formula is C22H18FNO4S. The van der Waals surface area contributed by atoms with Crippen molar-refractivity contribution in [3.8, 4) is 23.8 Å². The molecule has 5 nitrogen and oxygen atoms in total. The number of ether oxygens (including phenoxy) is 2. The number of rotatable bonds is 7. The van der Waals surface area contributed by atoms with Gasteiger partial charge in [-0.05, 0) is 60.2 Å². The largest absolute Gasteiger partial charge is 0.490 e. The first kappa shape index (κ1) is 20.5. The number of carbonyl (C=O) groups is 2. The van der Waals surface area contributed by atoms with E-state index in [-0.39, 0.29) is 24.2 Å². The van der Waals surface area contributed by atoms with Gasteiger partial charge in [-0.3, -0.25) is 14.5 Å². The molecule has 0 aromatic heterocycles. The molecule has 1 fully saturated rings. The Morgan fingerprint density at radius 3 is 2.59 bits per heavy atom. The molecule has 7 heteroatoms. The molecule has 0 bridgehead atoms. The van der Waals surface area contributed by atoms with Crippen LogP contribution in [0.1, 0.15) is 18.1 Å². The molecule has 0 unspecified atom stereocenters. The van der Waals surface area contributed by atoms with E-state index in [2.05, 4.69) is 5.92 Å². The highest BCUT2D eigenvalue weighted by molar-refractivity contribution is 8.18. The standard InChI is InChI=1S/C22H18FNO4S/c1-3-11-24-21(25)20(29-22(24)26)13-16-7-10-18(19(12-16)27-4-2)28-14-15-5-8-17(23)9-6-15/h1,5-10,12-13H,4,11,14H2,2H3. The monoisotopic (exact) mass is 411 g/mol. The fourth-order valence-electron chi connectivity index (χ4n) is 2.62. The van der Waals surface area contributed by atoms with E-state index < -0.39 is 5.91 Å². The lowest BCUT2D eigenvalue weighted by Gasteiger charge is -2.13. The Bertz CT molecular complexity index is 995. The van der Waals surface area contributed by atoms with Crippen LogP contribution in [0.25, 0.3) is 6.08 Å². The molecular weight excluding hydrogens is 393 g/mol. The van der Waals surface area contributed by atoms with Gasteiger partial charge in [-0.1, -0.05) is 24.1 Å². The second-order valence-corrected chi connectivity index (χ2v) is 7.02. The highest BCUT2D eigenvalue weighted by Gasteiger charge is 2.34. The minimum atomic E-state index is -0.410. The second-order valence-electron chi connectivity index (χ2n) is 6.03. The normalized spacial score (nSPS) is 14.9. The minimum Gasteiger partial charge on any atom is -0.490 e. The third kappa shape index (κ3) is 4.98. The lowest BCUT2D eigenvalue weighted by Crippen LogP contribution is -2.28. The molecule has 1 saturated heterocycles. The van der Waals surface area contributed by atoms with E-state index in [1.54, 1.807) is 36.4 Å². The van der Waals surface area contributed by atoms with Crippen LogP contribution >= 0.6 is 11.8 Å². The van der Waals surface area contributed by atoms with Gasteiger partial charge >= 0.3 is 0 Å². The van der Waals surface area contributed by atoms with Crippen LogP contribution in [0.5, 0.6) is 11.5 Å². The molecule has 2 aromatic rings. The zero-order valence-electron chi connectivity index (χ0n) is 15.7. The van der Waals surface area contributed by atoms with E-state index >= 15 is 0 Å². The number of benzene rings is 2. The molecule has 0 radical (unpaired) electrons. The van der Waals surface area contributed by atoms with Gasteiger partial charge in [0, 0.05) is 0 Å². The van der Waals surface area contributed by atoms with Gasteiger partial charge in [-0.15, -0.1) is 6.42 Å². The maximum Gasteiger partial charge on any atom is 0.294 e. The maximum atomic E-state index is 13.0. The summed E-state index contributed by atoms with van der Waals surface area (Å²) in [5, 5.41) is -0.386. The number of halogens is 1. The molecule has 148 valence electrons. The molecule has 0 aliphatic carbocycles. The lowest BCUT2D eigenvalue weighted by atomic mass is 10.1. The van der Waals surface area contributed by atoms with E-state index in [1.165, 1.54) is 12.1 Å². The maximum absolute atomic E-state index is 13.0. The number of amides is 2. The van der Waals surface area contributed by atoms with Crippen LogP contribution in [-0.2, 0) is 11.4 Å². The van der Waals surface area contributed by atoms with Crippen molar-refractivity contribution in [2.45, 2.75) is 13.5 Å². The van der Waals surface area contributed by atoms with Crippen molar-refractivity contribution < 1.29 is 23.5 Å². The molecule has 0 N–H and O–H groups in total. The summed E-state index contributed by atoms with van der Waals surface area (Å²) >= 11 is 0.849. The molecule has 0 saturated carbocycles. The van der Waals surface area contributed by atoms with Crippen LogP contribution in [0.15, 0.2) is 47.4 Å². The van der Waals surface area contributed by atoms with Crippen LogP contribution < -0.4 is 9.47 Å². The molecule has 1 aliphatic rings. The lowest BCUT2D eigenvalue weighted by molar-refractivity contribution is -0.122. The highest BCUT2D eigenvalue weighted by atomic mass is 32.2. The van der Waals surface area contributed by atoms with Crippen LogP contribution in [0.3, 0.4) is 0 Å². The summed E-state index contributed by atoms with van der Waals surface area (Å²) in [5.74, 6) is 2.62. The zero-order chi connectivity index (χ0) is 20.8. The summed E-state index contributed by atoms with van der Waals surface area (Å²) < 4.78 is 24.5. The van der Waals surface area contributed by atoms with E-state index in [4.69, 9.17) is 15.9 Å². The summed E-state index contributed by atoms with van der Waals surface area (Å²) in [6.07, 6.45) is 6.82. The van der Waals surface area contributed by atoms with Crippen LogP contribution in [0, 0.1) is 18.2 Å². The van der Waals surface area contributed by atoms with Gasteiger partial charge in [-0.2, -0.15) is 0 Å². The molecule has 1 aliphatic heterocycles. The Morgan fingerprint density at radius 2 is 1.90 bits per heavy atom. The first-order valence-electron chi connectivity index (χ1n) is 8.84. The van der Waals surface area contributed by atoms with Gasteiger partial charge in [0.05, 0.1) is 18.1 Å². The number of hydrogen-bond donors (Lipinski definition) is 0. The molecule has 29 heavy (non-hydrogen) atoms. The average Bonchev–Trinajstić information content (AvgIpc) is 2.97. The molecule has 1 heterocycles. The minimum absolute atomic E-state index is 0.0532. The predicted molar refractivity (Wildman–Crippen MR) is 110 cm³/mol. The number of nitrogens with zero attached hydrogens (tertiary/aromatic N) is 1. The Morgan fingerprint density at radius 1 is 1.14 bits per heavy atom. The van der Waals surface area contributed by atoms with Gasteiger partial charge < -0.3 is 9.47 Å². The van der Waals surface area contributed by atoms with E-state index in [1.807, 2.05) is 6.92 Å². The average molecular weight is 411 g/mol. The Balaban J connectivity index is 1.79. The summed E-state index contributed by atoms with van der Waals surface area (Å²) in [7, 11) is 0. The van der Waals surface area contributed by atoms with E-state index in [0.717, 1.165) is 22.2 Å².